The van der Waals surface area contributed by atoms with Crippen LogP contribution in [0.25, 0.3) is 5.52 Å². The van der Waals surface area contributed by atoms with Crippen LogP contribution in [0.5, 0.6) is 0 Å². The predicted octanol–water partition coefficient (Wildman–Crippen LogP) is 1.89. The van der Waals surface area contributed by atoms with Gasteiger partial charge in [-0.3, -0.25) is 9.20 Å². The Balaban J connectivity index is 2.89. The third kappa shape index (κ3) is 1.32. The summed E-state index contributed by atoms with van der Waals surface area (Å²) in [5.41, 5.74) is 0.740. The smallest absolute Gasteiger partial charge is 0.185 e. The minimum atomic E-state index is -0.385. The van der Waals surface area contributed by atoms with Gasteiger partial charge in [0.05, 0.1) is 5.52 Å². The number of fused-ring (bicyclic) bond motifs is 1. The molecule has 0 saturated carbocycles. The van der Waals surface area contributed by atoms with Crippen molar-refractivity contribution in [3.63, 3.8) is 0 Å². The second-order valence-corrected chi connectivity index (χ2v) is 3.50. The summed E-state index contributed by atoms with van der Waals surface area (Å²) in [5, 5.41) is 0. The highest BCUT2D eigenvalue weighted by atomic mass is 127. The molecule has 0 unspecified atom stereocenters. The van der Waals surface area contributed by atoms with Crippen molar-refractivity contribution in [3.8, 4) is 0 Å². The van der Waals surface area contributed by atoms with E-state index >= 15 is 0 Å². The highest BCUT2D eigenvalue weighted by Gasteiger charge is 2.07. The molecule has 2 aromatic heterocycles. The molecule has 0 atom stereocenters. The standard InChI is InChI=1S/C8H4FIN2O/c9-5-1-2-6-8(10)11-7(4-13)12(6)3-5/h1-4H. The molecule has 2 heterocycles. The molecule has 0 radical (unpaired) electrons. The zero-order valence-electron chi connectivity index (χ0n) is 6.37. The number of nitrogens with zero attached hydrogens (tertiary/aromatic N) is 2. The number of carbonyl (C=O) groups excluding carboxylic acids is 1. The van der Waals surface area contributed by atoms with E-state index in [-0.39, 0.29) is 11.6 Å². The summed E-state index contributed by atoms with van der Waals surface area (Å²) in [6.07, 6.45) is 1.85. The van der Waals surface area contributed by atoms with Gasteiger partial charge in [0.1, 0.15) is 9.52 Å². The summed E-state index contributed by atoms with van der Waals surface area (Å²) in [4.78, 5) is 14.5. The molecule has 0 aliphatic heterocycles. The van der Waals surface area contributed by atoms with Crippen LogP contribution < -0.4 is 0 Å². The fourth-order valence-electron chi connectivity index (χ4n) is 1.13. The van der Waals surface area contributed by atoms with E-state index < -0.39 is 0 Å². The van der Waals surface area contributed by atoms with Crippen LogP contribution in [0.2, 0.25) is 0 Å². The molecule has 0 amide bonds. The number of hydrogen-bond donors (Lipinski definition) is 0. The first kappa shape index (κ1) is 8.61. The molecule has 0 bridgehead atoms. The van der Waals surface area contributed by atoms with Gasteiger partial charge in [-0.05, 0) is 34.7 Å². The first-order valence-electron chi connectivity index (χ1n) is 3.50. The number of aldehydes is 1. The third-order valence-corrected chi connectivity index (χ3v) is 2.48. The SMILES string of the molecule is O=Cc1nc(I)c2ccc(F)cn12. The predicted molar refractivity (Wildman–Crippen MR) is 53.3 cm³/mol. The number of carbonyl (C=O) groups is 1. The Morgan fingerprint density at radius 1 is 1.54 bits per heavy atom. The lowest BCUT2D eigenvalue weighted by molar-refractivity contribution is 0.111. The number of rotatable bonds is 1. The van der Waals surface area contributed by atoms with Gasteiger partial charge in [0, 0.05) is 6.20 Å². The highest BCUT2D eigenvalue weighted by molar-refractivity contribution is 14.1. The Morgan fingerprint density at radius 2 is 2.31 bits per heavy atom. The van der Waals surface area contributed by atoms with Gasteiger partial charge in [0.2, 0.25) is 0 Å². The second-order valence-electron chi connectivity index (χ2n) is 2.48. The topological polar surface area (TPSA) is 34.4 Å². The van der Waals surface area contributed by atoms with Gasteiger partial charge in [-0.1, -0.05) is 0 Å². The summed E-state index contributed by atoms with van der Waals surface area (Å²) < 4.78 is 14.9. The molecular weight excluding hydrogens is 286 g/mol. The number of pyridine rings is 1. The van der Waals surface area contributed by atoms with Gasteiger partial charge in [0.15, 0.2) is 12.1 Å². The molecule has 13 heavy (non-hydrogen) atoms. The fourth-order valence-corrected chi connectivity index (χ4v) is 1.81. The first-order chi connectivity index (χ1) is 6.22. The normalized spacial score (nSPS) is 10.6. The summed E-state index contributed by atoms with van der Waals surface area (Å²) >= 11 is 2.00. The van der Waals surface area contributed by atoms with E-state index in [9.17, 15) is 9.18 Å². The summed E-state index contributed by atoms with van der Waals surface area (Å²) in [6, 6.07) is 2.94. The van der Waals surface area contributed by atoms with Crippen LogP contribution in [0.1, 0.15) is 10.6 Å². The summed E-state index contributed by atoms with van der Waals surface area (Å²) in [6.45, 7) is 0. The molecule has 5 heteroatoms. The molecule has 2 aromatic rings. The fraction of sp³-hybridized carbons (Fsp3) is 0. The second kappa shape index (κ2) is 3.06. The van der Waals surface area contributed by atoms with Crippen molar-refractivity contribution in [2.75, 3.05) is 0 Å². The summed E-state index contributed by atoms with van der Waals surface area (Å²) in [7, 11) is 0. The van der Waals surface area contributed by atoms with Gasteiger partial charge in [-0.15, -0.1) is 0 Å². The average molecular weight is 290 g/mol. The van der Waals surface area contributed by atoms with Crippen LogP contribution in [0, 0.1) is 9.52 Å². The van der Waals surface area contributed by atoms with E-state index in [2.05, 4.69) is 4.98 Å². The summed E-state index contributed by atoms with van der Waals surface area (Å²) in [5.74, 6) is -0.164. The molecular formula is C8H4FIN2O. The van der Waals surface area contributed by atoms with Crippen molar-refractivity contribution < 1.29 is 9.18 Å². The monoisotopic (exact) mass is 290 g/mol. The van der Waals surface area contributed by atoms with E-state index in [1.807, 2.05) is 22.6 Å². The number of aromatic nitrogens is 2. The molecule has 0 fully saturated rings. The van der Waals surface area contributed by atoms with Crippen molar-refractivity contribution >= 4 is 34.4 Å². The van der Waals surface area contributed by atoms with Crippen molar-refractivity contribution in [2.45, 2.75) is 0 Å². The Morgan fingerprint density at radius 3 is 3.00 bits per heavy atom. The Hall–Kier alpha value is -0.980. The van der Waals surface area contributed by atoms with Crippen LogP contribution in [0.3, 0.4) is 0 Å². The molecule has 66 valence electrons. The maximum atomic E-state index is 12.8. The largest absolute Gasteiger partial charge is 0.294 e. The third-order valence-electron chi connectivity index (χ3n) is 1.69. The van der Waals surface area contributed by atoms with Crippen LogP contribution in [-0.2, 0) is 0 Å². The molecule has 0 spiro atoms. The van der Waals surface area contributed by atoms with Gasteiger partial charge >= 0.3 is 0 Å². The Bertz CT molecular complexity index is 480. The van der Waals surface area contributed by atoms with Crippen molar-refractivity contribution in [1.82, 2.24) is 9.38 Å². The molecule has 0 aliphatic carbocycles. The number of halogens is 2. The quantitative estimate of drug-likeness (QED) is 0.594. The van der Waals surface area contributed by atoms with Gasteiger partial charge in [-0.25, -0.2) is 9.37 Å². The van der Waals surface area contributed by atoms with Crippen LogP contribution in [0.4, 0.5) is 4.39 Å². The Kier molecular flexibility index (Phi) is 2.03. The highest BCUT2D eigenvalue weighted by Crippen LogP contribution is 2.14. The lowest BCUT2D eigenvalue weighted by atomic mass is 10.4. The average Bonchev–Trinajstić information content (AvgIpc) is 2.42. The van der Waals surface area contributed by atoms with Gasteiger partial charge < -0.3 is 0 Å². The molecule has 0 aromatic carbocycles. The number of imidazole rings is 1. The van der Waals surface area contributed by atoms with E-state index in [4.69, 9.17) is 0 Å². The minimum Gasteiger partial charge on any atom is -0.294 e. The van der Waals surface area contributed by atoms with Gasteiger partial charge in [-0.2, -0.15) is 0 Å². The lowest BCUT2D eigenvalue weighted by Gasteiger charge is -1.94. The molecule has 0 N–H and O–H groups in total. The molecule has 0 saturated heterocycles. The van der Waals surface area contributed by atoms with Crippen molar-refractivity contribution in [1.29, 1.82) is 0 Å². The molecule has 2 rings (SSSR count). The van der Waals surface area contributed by atoms with E-state index in [1.165, 1.54) is 16.7 Å². The maximum absolute atomic E-state index is 12.8. The first-order valence-corrected chi connectivity index (χ1v) is 4.58. The van der Waals surface area contributed by atoms with Crippen LogP contribution in [-0.4, -0.2) is 15.7 Å². The molecule has 3 nitrogen and oxygen atoms in total. The van der Waals surface area contributed by atoms with Crippen molar-refractivity contribution in [2.24, 2.45) is 0 Å². The number of hydrogen-bond acceptors (Lipinski definition) is 2. The van der Waals surface area contributed by atoms with E-state index in [0.29, 0.717) is 9.99 Å². The molecule has 0 aliphatic rings. The lowest BCUT2D eigenvalue weighted by Crippen LogP contribution is -1.92. The zero-order chi connectivity index (χ0) is 9.42. The zero-order valence-corrected chi connectivity index (χ0v) is 8.53. The maximum Gasteiger partial charge on any atom is 0.185 e. The van der Waals surface area contributed by atoms with Crippen LogP contribution in [0.15, 0.2) is 18.3 Å². The van der Waals surface area contributed by atoms with Gasteiger partial charge in [0.25, 0.3) is 0 Å². The minimum absolute atomic E-state index is 0.221. The Labute approximate surface area is 86.7 Å². The van der Waals surface area contributed by atoms with Crippen LogP contribution >= 0.6 is 22.6 Å². The van der Waals surface area contributed by atoms with E-state index in [0.717, 1.165) is 5.52 Å². The van der Waals surface area contributed by atoms with E-state index in [1.54, 1.807) is 6.07 Å². The van der Waals surface area contributed by atoms with Crippen molar-refractivity contribution in [3.05, 3.63) is 33.7 Å².